The highest BCUT2D eigenvalue weighted by Gasteiger charge is 2.55. The Hall–Kier alpha value is -3.08. The van der Waals surface area contributed by atoms with E-state index in [0.29, 0.717) is 19.6 Å². The fourth-order valence-electron chi connectivity index (χ4n) is 8.26. The van der Waals surface area contributed by atoms with Crippen LogP contribution in [0.2, 0.25) is 0 Å². The molecular formula is C34H43N3O2. The van der Waals surface area contributed by atoms with E-state index in [0.717, 1.165) is 67.4 Å². The number of unbranched alkanes of at least 4 members (excludes halogenated alkanes) is 1. The fourth-order valence-corrected chi connectivity index (χ4v) is 8.26. The molecule has 4 fully saturated rings. The van der Waals surface area contributed by atoms with Gasteiger partial charge in [-0.1, -0.05) is 61.9 Å². The molecule has 2 amide bonds. The summed E-state index contributed by atoms with van der Waals surface area (Å²) >= 11 is 0. The summed E-state index contributed by atoms with van der Waals surface area (Å²) < 4.78 is 0. The number of benzene rings is 2. The van der Waals surface area contributed by atoms with E-state index in [-0.39, 0.29) is 23.8 Å². The van der Waals surface area contributed by atoms with Crippen molar-refractivity contribution in [2.45, 2.75) is 71.3 Å². The van der Waals surface area contributed by atoms with E-state index in [9.17, 15) is 9.59 Å². The molecule has 4 aliphatic rings. The van der Waals surface area contributed by atoms with Crippen molar-refractivity contribution < 1.29 is 9.59 Å². The molecule has 1 heterocycles. The molecule has 206 valence electrons. The molecule has 0 saturated heterocycles. The first-order valence-electron chi connectivity index (χ1n) is 15.2. The van der Waals surface area contributed by atoms with Crippen LogP contribution in [0.5, 0.6) is 0 Å². The first-order valence-corrected chi connectivity index (χ1v) is 15.2. The Morgan fingerprint density at radius 1 is 0.872 bits per heavy atom. The number of carbonyl (C=O) groups is 2. The number of nitrogens with one attached hydrogen (secondary N) is 1. The largest absolute Gasteiger partial charge is 0.361 e. The Labute approximate surface area is 233 Å². The van der Waals surface area contributed by atoms with Gasteiger partial charge in [0.15, 0.2) is 0 Å². The van der Waals surface area contributed by atoms with Gasteiger partial charge in [-0.2, -0.15) is 0 Å². The van der Waals surface area contributed by atoms with Crippen LogP contribution in [0.4, 0.5) is 0 Å². The van der Waals surface area contributed by atoms with Gasteiger partial charge in [0.1, 0.15) is 0 Å². The van der Waals surface area contributed by atoms with Gasteiger partial charge in [0.2, 0.25) is 11.8 Å². The Kier molecular flexibility index (Phi) is 7.51. The summed E-state index contributed by atoms with van der Waals surface area (Å²) in [6.07, 6.45) is 11.9. The lowest BCUT2D eigenvalue weighted by Gasteiger charge is -2.56. The zero-order valence-corrected chi connectivity index (χ0v) is 23.4. The van der Waals surface area contributed by atoms with Gasteiger partial charge in [0.05, 0.1) is 12.0 Å². The van der Waals surface area contributed by atoms with Gasteiger partial charge >= 0.3 is 0 Å². The molecule has 5 heteroatoms. The molecule has 0 spiro atoms. The Balaban J connectivity index is 1.20. The van der Waals surface area contributed by atoms with Crippen LogP contribution in [0.1, 0.15) is 69.4 Å². The lowest BCUT2D eigenvalue weighted by atomic mass is 9.49. The van der Waals surface area contributed by atoms with Gasteiger partial charge in [0.25, 0.3) is 0 Å². The monoisotopic (exact) mass is 525 g/mol. The van der Waals surface area contributed by atoms with Gasteiger partial charge in [-0.25, -0.2) is 0 Å². The van der Waals surface area contributed by atoms with Crippen LogP contribution in [0, 0.1) is 23.2 Å². The molecule has 0 radical (unpaired) electrons. The number of aromatic nitrogens is 1. The molecule has 1 aromatic heterocycles. The summed E-state index contributed by atoms with van der Waals surface area (Å²) in [5.41, 5.74) is 3.26. The van der Waals surface area contributed by atoms with Crippen LogP contribution in [0.25, 0.3) is 10.9 Å². The first-order chi connectivity index (χ1) is 19.0. The normalized spacial score (nSPS) is 25.2. The molecule has 4 bridgehead atoms. The van der Waals surface area contributed by atoms with Crippen molar-refractivity contribution in [3.05, 3.63) is 71.9 Å². The molecule has 39 heavy (non-hydrogen) atoms. The lowest BCUT2D eigenvalue weighted by Crippen LogP contribution is -2.56. The number of amides is 2. The average Bonchev–Trinajstić information content (AvgIpc) is 3.35. The van der Waals surface area contributed by atoms with E-state index in [4.69, 9.17) is 0 Å². The van der Waals surface area contributed by atoms with E-state index in [1.54, 1.807) is 0 Å². The van der Waals surface area contributed by atoms with Crippen molar-refractivity contribution in [1.82, 2.24) is 14.8 Å². The molecule has 1 N–H and O–H groups in total. The van der Waals surface area contributed by atoms with Gasteiger partial charge in [-0.3, -0.25) is 9.59 Å². The number of para-hydroxylation sites is 1. The topological polar surface area (TPSA) is 56.4 Å². The van der Waals surface area contributed by atoms with Gasteiger partial charge in [-0.15, -0.1) is 0 Å². The summed E-state index contributed by atoms with van der Waals surface area (Å²) in [7, 11) is 0. The molecule has 5 nitrogen and oxygen atoms in total. The summed E-state index contributed by atoms with van der Waals surface area (Å²) in [6, 6.07) is 18.6. The minimum Gasteiger partial charge on any atom is -0.361 e. The van der Waals surface area contributed by atoms with Crippen molar-refractivity contribution in [2.24, 2.45) is 23.2 Å². The van der Waals surface area contributed by atoms with Crippen molar-refractivity contribution in [3.63, 3.8) is 0 Å². The maximum absolute atomic E-state index is 14.3. The third-order valence-electron chi connectivity index (χ3n) is 9.78. The molecule has 7 rings (SSSR count). The summed E-state index contributed by atoms with van der Waals surface area (Å²) in [5.74, 6) is 2.49. The predicted molar refractivity (Wildman–Crippen MR) is 156 cm³/mol. The van der Waals surface area contributed by atoms with Crippen LogP contribution >= 0.6 is 0 Å². The van der Waals surface area contributed by atoms with E-state index in [1.807, 2.05) is 34.1 Å². The maximum atomic E-state index is 14.3. The van der Waals surface area contributed by atoms with Crippen LogP contribution in [-0.2, 0) is 22.6 Å². The molecule has 3 aromatic rings. The van der Waals surface area contributed by atoms with E-state index < -0.39 is 0 Å². The minimum absolute atomic E-state index is 0.0628. The highest BCUT2D eigenvalue weighted by molar-refractivity contribution is 5.88. The average molecular weight is 526 g/mol. The number of nitrogens with zero attached hydrogens (tertiary/aromatic N) is 2. The number of carbonyl (C=O) groups excluding carboxylic acids is 2. The van der Waals surface area contributed by atoms with Crippen molar-refractivity contribution in [1.29, 1.82) is 0 Å². The second kappa shape index (κ2) is 11.2. The maximum Gasteiger partial charge on any atom is 0.242 e. The number of rotatable bonds is 11. The standard InChI is InChI=1S/C34H43N3O2/c1-2-3-14-37(33(39)34-19-26-16-27(20-34)18-28(17-26)21-34)24-32(38)36(23-25-9-5-4-6-10-25)15-13-29-22-35-31-12-8-7-11-30(29)31/h4-12,22,26-28,35H,2-3,13-21,23-24H2,1H3. The molecule has 2 aromatic carbocycles. The van der Waals surface area contributed by atoms with E-state index in [1.165, 1.54) is 30.2 Å². The second-order valence-corrected chi connectivity index (χ2v) is 12.7. The Morgan fingerprint density at radius 3 is 2.23 bits per heavy atom. The Morgan fingerprint density at radius 2 is 1.54 bits per heavy atom. The first kappa shape index (κ1) is 26.2. The van der Waals surface area contributed by atoms with Crippen LogP contribution in [0.3, 0.4) is 0 Å². The van der Waals surface area contributed by atoms with E-state index in [2.05, 4.69) is 48.4 Å². The molecule has 0 aliphatic heterocycles. The van der Waals surface area contributed by atoms with Gasteiger partial charge in [-0.05, 0) is 86.3 Å². The number of hydrogen-bond donors (Lipinski definition) is 1. The highest BCUT2D eigenvalue weighted by Crippen LogP contribution is 2.60. The quantitative estimate of drug-likeness (QED) is 0.307. The molecule has 0 unspecified atom stereocenters. The number of fused-ring (bicyclic) bond motifs is 1. The number of hydrogen-bond acceptors (Lipinski definition) is 2. The minimum atomic E-state index is -0.211. The number of aromatic amines is 1. The SMILES string of the molecule is CCCCN(CC(=O)N(CCc1c[nH]c2ccccc12)Cc1ccccc1)C(=O)C12CC3CC(CC(C3)C1)C2. The van der Waals surface area contributed by atoms with Crippen molar-refractivity contribution in [3.8, 4) is 0 Å². The summed E-state index contributed by atoms with van der Waals surface area (Å²) in [6.45, 7) is 4.24. The van der Waals surface area contributed by atoms with Gasteiger partial charge in [0, 0.05) is 36.7 Å². The summed E-state index contributed by atoms with van der Waals surface area (Å²) in [4.78, 5) is 35.6. The zero-order valence-electron chi connectivity index (χ0n) is 23.4. The Bertz CT molecular complexity index is 1260. The predicted octanol–water partition coefficient (Wildman–Crippen LogP) is 6.58. The molecular weight excluding hydrogens is 482 g/mol. The molecule has 0 atom stereocenters. The second-order valence-electron chi connectivity index (χ2n) is 12.7. The fraction of sp³-hybridized carbons (Fsp3) is 0.529. The number of H-pyrrole nitrogens is 1. The van der Waals surface area contributed by atoms with Crippen molar-refractivity contribution >= 4 is 22.7 Å². The van der Waals surface area contributed by atoms with Crippen LogP contribution < -0.4 is 0 Å². The van der Waals surface area contributed by atoms with Crippen molar-refractivity contribution in [2.75, 3.05) is 19.6 Å². The highest BCUT2D eigenvalue weighted by atomic mass is 16.2. The van der Waals surface area contributed by atoms with Crippen LogP contribution in [-0.4, -0.2) is 46.2 Å². The zero-order chi connectivity index (χ0) is 26.8. The van der Waals surface area contributed by atoms with E-state index >= 15 is 0 Å². The molecule has 4 saturated carbocycles. The summed E-state index contributed by atoms with van der Waals surface area (Å²) in [5, 5.41) is 1.21. The third-order valence-corrected chi connectivity index (χ3v) is 9.78. The third kappa shape index (κ3) is 5.50. The lowest BCUT2D eigenvalue weighted by molar-refractivity contribution is -0.160. The molecule has 4 aliphatic carbocycles. The van der Waals surface area contributed by atoms with Crippen LogP contribution in [0.15, 0.2) is 60.8 Å². The smallest absolute Gasteiger partial charge is 0.242 e. The van der Waals surface area contributed by atoms with Gasteiger partial charge < -0.3 is 14.8 Å².